The molecule has 0 aliphatic carbocycles. The first-order chi connectivity index (χ1) is 13.4. The van der Waals surface area contributed by atoms with Crippen LogP contribution >= 0.6 is 0 Å². The molecule has 1 aliphatic heterocycles. The average Bonchev–Trinajstić information content (AvgIpc) is 3.25. The molecule has 2 aromatic carbocycles. The van der Waals surface area contributed by atoms with E-state index in [9.17, 15) is 13.2 Å². The van der Waals surface area contributed by atoms with Crippen LogP contribution in [0.1, 0.15) is 38.3 Å². The zero-order valence-electron chi connectivity index (χ0n) is 16.3. The molecule has 1 aliphatic rings. The van der Waals surface area contributed by atoms with Gasteiger partial charge in [-0.25, -0.2) is 8.42 Å². The Balaban J connectivity index is 1.59. The van der Waals surface area contributed by atoms with E-state index in [1.165, 1.54) is 9.87 Å². The van der Waals surface area contributed by atoms with E-state index in [0.29, 0.717) is 18.8 Å². The molecular weight excluding hydrogens is 374 g/mol. The molecular formula is C21H28N3O3S+. The fourth-order valence-corrected chi connectivity index (χ4v) is 4.95. The monoisotopic (exact) mass is 402 g/mol. The minimum Gasteiger partial charge on any atom is -0.330 e. The first kappa shape index (κ1) is 20.5. The number of hydrogen-bond donors (Lipinski definition) is 2. The Labute approximate surface area is 167 Å². The van der Waals surface area contributed by atoms with Gasteiger partial charge < -0.3 is 10.6 Å². The maximum absolute atomic E-state index is 12.6. The number of rotatable bonds is 7. The maximum Gasteiger partial charge on any atom is 0.282 e. The number of nitrogens with one attached hydrogen (secondary N) is 1. The summed E-state index contributed by atoms with van der Waals surface area (Å²) in [5.74, 6) is -0.113. The van der Waals surface area contributed by atoms with Gasteiger partial charge in [0.25, 0.3) is 5.91 Å². The van der Waals surface area contributed by atoms with Crippen LogP contribution in [0.2, 0.25) is 0 Å². The van der Waals surface area contributed by atoms with E-state index in [1.807, 2.05) is 42.6 Å². The Morgan fingerprint density at radius 1 is 1.00 bits per heavy atom. The summed E-state index contributed by atoms with van der Waals surface area (Å²) >= 11 is 0. The van der Waals surface area contributed by atoms with Crippen LogP contribution in [0.25, 0.3) is 0 Å². The van der Waals surface area contributed by atoms with Crippen LogP contribution in [0.3, 0.4) is 0 Å². The van der Waals surface area contributed by atoms with Crippen molar-refractivity contribution >= 4 is 21.6 Å². The predicted octanol–water partition coefficient (Wildman–Crippen LogP) is 2.12. The smallest absolute Gasteiger partial charge is 0.282 e. The SMILES string of the molecule is C[C@H]([NH2+][C@H](C)C(=O)Nc1ccc(S(=O)(=O)N2CCCC2)cc1)c1ccccc1. The first-order valence-corrected chi connectivity index (χ1v) is 11.1. The number of nitrogens with two attached hydrogens (primary N) is 1. The second-order valence-corrected chi connectivity index (χ2v) is 9.24. The van der Waals surface area contributed by atoms with Gasteiger partial charge in [0.1, 0.15) is 6.04 Å². The van der Waals surface area contributed by atoms with E-state index >= 15 is 0 Å². The van der Waals surface area contributed by atoms with Crippen molar-refractivity contribution < 1.29 is 18.5 Å². The lowest BCUT2D eigenvalue weighted by Crippen LogP contribution is -2.91. The van der Waals surface area contributed by atoms with Gasteiger partial charge in [-0.2, -0.15) is 4.31 Å². The Morgan fingerprint density at radius 3 is 2.21 bits per heavy atom. The molecule has 1 fully saturated rings. The fraction of sp³-hybridized carbons (Fsp3) is 0.381. The Bertz CT molecular complexity index is 892. The van der Waals surface area contributed by atoms with Crippen molar-refractivity contribution in [2.24, 2.45) is 0 Å². The van der Waals surface area contributed by atoms with Crippen LogP contribution in [-0.2, 0) is 14.8 Å². The molecule has 150 valence electrons. The normalized spacial score (nSPS) is 17.2. The average molecular weight is 403 g/mol. The lowest BCUT2D eigenvalue weighted by atomic mass is 10.1. The molecule has 0 unspecified atom stereocenters. The summed E-state index contributed by atoms with van der Waals surface area (Å²) in [5.41, 5.74) is 1.76. The number of sulfonamides is 1. The largest absolute Gasteiger partial charge is 0.330 e. The van der Waals surface area contributed by atoms with Gasteiger partial charge in [-0.1, -0.05) is 30.3 Å². The molecule has 2 aromatic rings. The van der Waals surface area contributed by atoms with Gasteiger partial charge in [0.2, 0.25) is 10.0 Å². The molecule has 1 saturated heterocycles. The molecule has 0 saturated carbocycles. The summed E-state index contributed by atoms with van der Waals surface area (Å²) in [4.78, 5) is 12.8. The van der Waals surface area contributed by atoms with Crippen molar-refractivity contribution in [1.29, 1.82) is 0 Å². The summed E-state index contributed by atoms with van der Waals surface area (Å²) < 4.78 is 26.6. The molecule has 1 amide bonds. The molecule has 7 heteroatoms. The number of carbonyl (C=O) groups is 1. The Kier molecular flexibility index (Phi) is 6.49. The van der Waals surface area contributed by atoms with Gasteiger partial charge in [-0.3, -0.25) is 4.79 Å². The number of nitrogens with zero attached hydrogens (tertiary/aromatic N) is 1. The van der Waals surface area contributed by atoms with E-state index in [0.717, 1.165) is 12.8 Å². The van der Waals surface area contributed by atoms with Gasteiger partial charge in [0, 0.05) is 24.3 Å². The van der Waals surface area contributed by atoms with Crippen LogP contribution in [0, 0.1) is 0 Å². The molecule has 0 aromatic heterocycles. The zero-order valence-corrected chi connectivity index (χ0v) is 17.2. The highest BCUT2D eigenvalue weighted by molar-refractivity contribution is 7.89. The molecule has 1 heterocycles. The third-order valence-electron chi connectivity index (χ3n) is 5.14. The van der Waals surface area contributed by atoms with Crippen LogP contribution in [0.5, 0.6) is 0 Å². The van der Waals surface area contributed by atoms with Crippen molar-refractivity contribution in [3.8, 4) is 0 Å². The quantitative estimate of drug-likeness (QED) is 0.744. The second kappa shape index (κ2) is 8.86. The number of hydrogen-bond acceptors (Lipinski definition) is 3. The van der Waals surface area contributed by atoms with Gasteiger partial charge >= 0.3 is 0 Å². The Morgan fingerprint density at radius 2 is 1.61 bits per heavy atom. The summed E-state index contributed by atoms with van der Waals surface area (Å²) in [6.07, 6.45) is 1.81. The molecule has 0 spiro atoms. The summed E-state index contributed by atoms with van der Waals surface area (Å²) in [7, 11) is -3.43. The van der Waals surface area contributed by atoms with Crippen molar-refractivity contribution in [1.82, 2.24) is 4.31 Å². The van der Waals surface area contributed by atoms with E-state index in [-0.39, 0.29) is 22.9 Å². The molecule has 0 bridgehead atoms. The minimum atomic E-state index is -3.43. The third kappa shape index (κ3) is 4.79. The first-order valence-electron chi connectivity index (χ1n) is 9.69. The second-order valence-electron chi connectivity index (χ2n) is 7.31. The summed E-state index contributed by atoms with van der Waals surface area (Å²) in [6.45, 7) is 5.08. The highest BCUT2D eigenvalue weighted by Gasteiger charge is 2.27. The third-order valence-corrected chi connectivity index (χ3v) is 7.05. The van der Waals surface area contributed by atoms with Gasteiger partial charge in [0.05, 0.1) is 4.90 Å². The molecule has 0 radical (unpaired) electrons. The van der Waals surface area contributed by atoms with E-state index in [2.05, 4.69) is 12.2 Å². The van der Waals surface area contributed by atoms with Crippen LogP contribution in [-0.4, -0.2) is 37.8 Å². The standard InChI is InChI=1S/C21H27N3O3S/c1-16(18-8-4-3-5-9-18)22-17(2)21(25)23-19-10-12-20(13-11-19)28(26,27)24-14-6-7-15-24/h3-5,8-13,16-17,22H,6-7,14-15H2,1-2H3,(H,23,25)/p+1/t16-,17+/m0/s1. The van der Waals surface area contributed by atoms with E-state index < -0.39 is 10.0 Å². The number of anilines is 1. The van der Waals surface area contributed by atoms with Crippen LogP contribution in [0.4, 0.5) is 5.69 Å². The van der Waals surface area contributed by atoms with Crippen molar-refractivity contribution in [3.05, 3.63) is 60.2 Å². The number of quaternary nitrogens is 1. The minimum absolute atomic E-state index is 0.113. The van der Waals surface area contributed by atoms with Gasteiger partial charge in [0.15, 0.2) is 6.04 Å². The number of benzene rings is 2. The van der Waals surface area contributed by atoms with Crippen molar-refractivity contribution in [3.63, 3.8) is 0 Å². The Hall–Kier alpha value is -2.22. The highest BCUT2D eigenvalue weighted by Crippen LogP contribution is 2.22. The summed E-state index contributed by atoms with van der Waals surface area (Å²) in [5, 5.41) is 4.88. The molecule has 6 nitrogen and oxygen atoms in total. The maximum atomic E-state index is 12.6. The van der Waals surface area contributed by atoms with Crippen LogP contribution in [0.15, 0.2) is 59.5 Å². The van der Waals surface area contributed by atoms with E-state index in [4.69, 9.17) is 0 Å². The van der Waals surface area contributed by atoms with Crippen molar-refractivity contribution in [2.45, 2.75) is 43.7 Å². The van der Waals surface area contributed by atoms with Crippen LogP contribution < -0.4 is 10.6 Å². The molecule has 2 atom stereocenters. The highest BCUT2D eigenvalue weighted by atomic mass is 32.2. The topological polar surface area (TPSA) is 83.1 Å². The lowest BCUT2D eigenvalue weighted by Gasteiger charge is -2.17. The zero-order chi connectivity index (χ0) is 20.1. The van der Waals surface area contributed by atoms with Crippen molar-refractivity contribution in [2.75, 3.05) is 18.4 Å². The van der Waals surface area contributed by atoms with Gasteiger partial charge in [-0.05, 0) is 51.0 Å². The number of carbonyl (C=O) groups excluding carboxylic acids is 1. The molecule has 3 rings (SSSR count). The number of amides is 1. The van der Waals surface area contributed by atoms with Gasteiger partial charge in [-0.15, -0.1) is 0 Å². The predicted molar refractivity (Wildman–Crippen MR) is 109 cm³/mol. The molecule has 28 heavy (non-hydrogen) atoms. The lowest BCUT2D eigenvalue weighted by molar-refractivity contribution is -0.709. The summed E-state index contributed by atoms with van der Waals surface area (Å²) in [6, 6.07) is 16.3. The fourth-order valence-electron chi connectivity index (χ4n) is 3.43. The van der Waals surface area contributed by atoms with E-state index in [1.54, 1.807) is 24.3 Å². The molecule has 3 N–H and O–H groups in total.